The van der Waals surface area contributed by atoms with Crippen LogP contribution in [0, 0.1) is 11.8 Å². The SMILES string of the molecule is NCC(=O)NCC(=O)NCC1CCCC1C(=O)O. The number of nitrogens with two attached hydrogens (primary N) is 1. The van der Waals surface area contributed by atoms with E-state index in [4.69, 9.17) is 10.8 Å². The van der Waals surface area contributed by atoms with Crippen LogP contribution in [-0.2, 0) is 14.4 Å². The summed E-state index contributed by atoms with van der Waals surface area (Å²) in [6.07, 6.45) is 2.35. The molecule has 0 radical (unpaired) electrons. The Morgan fingerprint density at radius 1 is 1.17 bits per heavy atom. The maximum atomic E-state index is 11.4. The average molecular weight is 257 g/mol. The summed E-state index contributed by atoms with van der Waals surface area (Å²) in [4.78, 5) is 33.1. The quantitative estimate of drug-likeness (QED) is 0.470. The predicted octanol–water partition coefficient (Wildman–Crippen LogP) is -1.32. The number of amides is 2. The second kappa shape index (κ2) is 6.95. The summed E-state index contributed by atoms with van der Waals surface area (Å²) < 4.78 is 0. The maximum absolute atomic E-state index is 11.4. The van der Waals surface area contributed by atoms with Crippen LogP contribution in [0.2, 0.25) is 0 Å². The number of carboxylic acids is 1. The van der Waals surface area contributed by atoms with E-state index in [-0.39, 0.29) is 30.8 Å². The van der Waals surface area contributed by atoms with Gasteiger partial charge in [-0.3, -0.25) is 14.4 Å². The molecule has 0 aromatic rings. The van der Waals surface area contributed by atoms with E-state index in [0.29, 0.717) is 13.0 Å². The first-order chi connectivity index (χ1) is 8.54. The molecule has 0 aromatic carbocycles. The minimum atomic E-state index is -0.803. The Bertz CT molecular complexity index is 332. The number of nitrogens with one attached hydrogen (secondary N) is 2. The number of hydrogen-bond acceptors (Lipinski definition) is 4. The summed E-state index contributed by atoms with van der Waals surface area (Å²) in [6, 6.07) is 0. The van der Waals surface area contributed by atoms with Crippen LogP contribution in [-0.4, -0.2) is 42.5 Å². The third-order valence-corrected chi connectivity index (χ3v) is 3.17. The molecule has 18 heavy (non-hydrogen) atoms. The molecule has 7 nitrogen and oxygen atoms in total. The van der Waals surface area contributed by atoms with Gasteiger partial charge in [0.05, 0.1) is 19.0 Å². The monoisotopic (exact) mass is 257 g/mol. The van der Waals surface area contributed by atoms with Gasteiger partial charge < -0.3 is 21.5 Å². The molecule has 2 atom stereocenters. The van der Waals surface area contributed by atoms with Crippen molar-refractivity contribution in [3.63, 3.8) is 0 Å². The molecule has 7 heteroatoms. The van der Waals surface area contributed by atoms with Crippen LogP contribution in [0.4, 0.5) is 0 Å². The number of aliphatic carboxylic acids is 1. The molecule has 0 spiro atoms. The zero-order valence-corrected chi connectivity index (χ0v) is 10.1. The fourth-order valence-electron chi connectivity index (χ4n) is 2.16. The lowest BCUT2D eigenvalue weighted by atomic mass is 9.96. The molecule has 1 aliphatic carbocycles. The van der Waals surface area contributed by atoms with E-state index in [2.05, 4.69) is 10.6 Å². The van der Waals surface area contributed by atoms with Gasteiger partial charge in [0, 0.05) is 6.54 Å². The molecule has 1 aliphatic rings. The van der Waals surface area contributed by atoms with E-state index >= 15 is 0 Å². The van der Waals surface area contributed by atoms with Crippen molar-refractivity contribution < 1.29 is 19.5 Å². The molecule has 1 rings (SSSR count). The van der Waals surface area contributed by atoms with Crippen LogP contribution in [0.25, 0.3) is 0 Å². The van der Waals surface area contributed by atoms with Crippen LogP contribution >= 0.6 is 0 Å². The third-order valence-electron chi connectivity index (χ3n) is 3.17. The van der Waals surface area contributed by atoms with Crippen LogP contribution in [0.5, 0.6) is 0 Å². The smallest absolute Gasteiger partial charge is 0.306 e. The Balaban J connectivity index is 2.25. The highest BCUT2D eigenvalue weighted by Crippen LogP contribution is 2.31. The fourth-order valence-corrected chi connectivity index (χ4v) is 2.16. The van der Waals surface area contributed by atoms with Crippen molar-refractivity contribution in [2.45, 2.75) is 19.3 Å². The highest BCUT2D eigenvalue weighted by atomic mass is 16.4. The van der Waals surface area contributed by atoms with Crippen molar-refractivity contribution in [2.24, 2.45) is 17.6 Å². The molecule has 102 valence electrons. The van der Waals surface area contributed by atoms with Crippen molar-refractivity contribution in [3.8, 4) is 0 Å². The van der Waals surface area contributed by atoms with Gasteiger partial charge in [-0.25, -0.2) is 0 Å². The molecule has 0 bridgehead atoms. The predicted molar refractivity (Wildman–Crippen MR) is 63.5 cm³/mol. The normalized spacial score (nSPS) is 22.5. The minimum absolute atomic E-state index is 0.0170. The molecular formula is C11H19N3O4. The Kier molecular flexibility index (Phi) is 5.57. The molecule has 1 saturated carbocycles. The molecule has 0 aliphatic heterocycles. The van der Waals surface area contributed by atoms with Gasteiger partial charge in [0.15, 0.2) is 0 Å². The minimum Gasteiger partial charge on any atom is -0.481 e. The van der Waals surface area contributed by atoms with Gasteiger partial charge in [0.25, 0.3) is 0 Å². The number of rotatable bonds is 6. The highest BCUT2D eigenvalue weighted by Gasteiger charge is 2.32. The average Bonchev–Trinajstić information content (AvgIpc) is 2.81. The van der Waals surface area contributed by atoms with Crippen LogP contribution in [0.3, 0.4) is 0 Å². The first-order valence-electron chi connectivity index (χ1n) is 6.01. The van der Waals surface area contributed by atoms with Crippen molar-refractivity contribution in [2.75, 3.05) is 19.6 Å². The summed E-state index contributed by atoms with van der Waals surface area (Å²) in [5.74, 6) is -1.91. The number of carbonyl (C=O) groups excluding carboxylic acids is 2. The van der Waals surface area contributed by atoms with Crippen molar-refractivity contribution >= 4 is 17.8 Å². The number of carbonyl (C=O) groups is 3. The number of hydrogen-bond donors (Lipinski definition) is 4. The summed E-state index contributed by atoms with van der Waals surface area (Å²) in [7, 11) is 0. The molecule has 1 fully saturated rings. The van der Waals surface area contributed by atoms with E-state index in [1.165, 1.54) is 0 Å². The lowest BCUT2D eigenvalue weighted by Gasteiger charge is -2.16. The molecular weight excluding hydrogens is 238 g/mol. The van der Waals surface area contributed by atoms with Crippen LogP contribution < -0.4 is 16.4 Å². The third kappa shape index (κ3) is 4.33. The summed E-state index contributed by atoms with van der Waals surface area (Å²) in [5.41, 5.74) is 5.07. The van der Waals surface area contributed by atoms with E-state index < -0.39 is 11.9 Å². The number of carboxylic acid groups (broad SMARTS) is 1. The molecule has 2 amide bonds. The van der Waals surface area contributed by atoms with Gasteiger partial charge in [-0.15, -0.1) is 0 Å². The fraction of sp³-hybridized carbons (Fsp3) is 0.727. The van der Waals surface area contributed by atoms with E-state index in [1.54, 1.807) is 0 Å². The van der Waals surface area contributed by atoms with E-state index in [9.17, 15) is 14.4 Å². The molecule has 2 unspecified atom stereocenters. The van der Waals surface area contributed by atoms with Gasteiger partial charge in [0.2, 0.25) is 11.8 Å². The van der Waals surface area contributed by atoms with Crippen LogP contribution in [0.1, 0.15) is 19.3 Å². The van der Waals surface area contributed by atoms with Gasteiger partial charge in [0.1, 0.15) is 0 Å². The van der Waals surface area contributed by atoms with E-state index in [0.717, 1.165) is 12.8 Å². The zero-order chi connectivity index (χ0) is 13.5. The Hall–Kier alpha value is -1.63. The molecule has 5 N–H and O–H groups in total. The zero-order valence-electron chi connectivity index (χ0n) is 10.1. The second-order valence-corrected chi connectivity index (χ2v) is 4.42. The van der Waals surface area contributed by atoms with Gasteiger partial charge in [-0.2, -0.15) is 0 Å². The van der Waals surface area contributed by atoms with Crippen molar-refractivity contribution in [1.29, 1.82) is 0 Å². The summed E-state index contributed by atoms with van der Waals surface area (Å²) >= 11 is 0. The Morgan fingerprint density at radius 2 is 1.89 bits per heavy atom. The Morgan fingerprint density at radius 3 is 2.50 bits per heavy atom. The Labute approximate surface area is 105 Å². The first kappa shape index (κ1) is 14.4. The first-order valence-corrected chi connectivity index (χ1v) is 6.01. The standard InChI is InChI=1S/C11H19N3O4/c12-4-9(15)14-6-10(16)13-5-7-2-1-3-8(7)11(17)18/h7-8H,1-6,12H2,(H,13,16)(H,14,15)(H,17,18). The van der Waals surface area contributed by atoms with Crippen LogP contribution in [0.15, 0.2) is 0 Å². The second-order valence-electron chi connectivity index (χ2n) is 4.42. The largest absolute Gasteiger partial charge is 0.481 e. The van der Waals surface area contributed by atoms with Gasteiger partial charge in [-0.1, -0.05) is 6.42 Å². The van der Waals surface area contributed by atoms with E-state index in [1.807, 2.05) is 0 Å². The highest BCUT2D eigenvalue weighted by molar-refractivity contribution is 5.85. The van der Waals surface area contributed by atoms with Crippen molar-refractivity contribution in [3.05, 3.63) is 0 Å². The van der Waals surface area contributed by atoms with Gasteiger partial charge >= 0.3 is 5.97 Å². The molecule has 0 saturated heterocycles. The summed E-state index contributed by atoms with van der Waals surface area (Å²) in [5, 5.41) is 14.0. The molecule has 0 heterocycles. The van der Waals surface area contributed by atoms with Gasteiger partial charge in [-0.05, 0) is 18.8 Å². The summed E-state index contributed by atoms with van der Waals surface area (Å²) in [6.45, 7) is 0.0613. The molecule has 0 aromatic heterocycles. The lowest BCUT2D eigenvalue weighted by Crippen LogP contribution is -2.41. The lowest BCUT2D eigenvalue weighted by molar-refractivity contribution is -0.143. The topological polar surface area (TPSA) is 122 Å². The van der Waals surface area contributed by atoms with Crippen molar-refractivity contribution in [1.82, 2.24) is 10.6 Å². The maximum Gasteiger partial charge on any atom is 0.306 e.